The van der Waals surface area contributed by atoms with Gasteiger partial charge in [0.05, 0.1) is 0 Å². The normalized spacial score (nSPS) is 16.8. The van der Waals surface area contributed by atoms with Crippen molar-refractivity contribution in [2.45, 2.75) is 38.5 Å². The van der Waals surface area contributed by atoms with Crippen LogP contribution < -0.4 is 11.3 Å². The van der Waals surface area contributed by atoms with E-state index in [9.17, 15) is 0 Å². The van der Waals surface area contributed by atoms with Crippen molar-refractivity contribution in [3.8, 4) is 0 Å². The SMILES string of the molecule is C1CCCCC1.N.NS(=O)(=O)O. The van der Waals surface area contributed by atoms with Crippen LogP contribution in [0.3, 0.4) is 0 Å². The third-order valence-corrected chi connectivity index (χ3v) is 1.50. The zero-order valence-corrected chi connectivity index (χ0v) is 8.02. The molecule has 0 aromatic heterocycles. The predicted octanol–water partition coefficient (Wildman–Crippen LogP) is 1.25. The summed E-state index contributed by atoms with van der Waals surface area (Å²) in [6.45, 7) is 0. The van der Waals surface area contributed by atoms with E-state index in [0.717, 1.165) is 0 Å². The number of nitrogens with two attached hydrogens (primary N) is 1. The highest BCUT2D eigenvalue weighted by atomic mass is 32.2. The Morgan fingerprint density at radius 1 is 0.917 bits per heavy atom. The quantitative estimate of drug-likeness (QED) is 0.508. The molecule has 5 nitrogen and oxygen atoms in total. The Morgan fingerprint density at radius 3 is 1.08 bits per heavy atom. The number of hydrogen-bond donors (Lipinski definition) is 3. The van der Waals surface area contributed by atoms with Gasteiger partial charge in [0.1, 0.15) is 0 Å². The van der Waals surface area contributed by atoms with Gasteiger partial charge in [-0.15, -0.1) is 0 Å². The van der Waals surface area contributed by atoms with Crippen LogP contribution in [0.4, 0.5) is 0 Å². The van der Waals surface area contributed by atoms with Crippen molar-refractivity contribution in [2.75, 3.05) is 0 Å². The van der Waals surface area contributed by atoms with Crippen molar-refractivity contribution in [3.63, 3.8) is 0 Å². The Bertz CT molecular complexity index is 156. The van der Waals surface area contributed by atoms with Crippen LogP contribution in [-0.2, 0) is 10.3 Å². The van der Waals surface area contributed by atoms with Crippen molar-refractivity contribution < 1.29 is 13.0 Å². The Kier molecular flexibility index (Phi) is 8.95. The molecule has 0 radical (unpaired) electrons. The van der Waals surface area contributed by atoms with Crippen LogP contribution in [0, 0.1) is 0 Å². The molecule has 0 aliphatic heterocycles. The van der Waals surface area contributed by atoms with Crippen molar-refractivity contribution in [2.24, 2.45) is 5.14 Å². The molecule has 1 fully saturated rings. The van der Waals surface area contributed by atoms with E-state index in [-0.39, 0.29) is 6.15 Å². The molecule has 6 N–H and O–H groups in total. The number of hydrogen-bond acceptors (Lipinski definition) is 3. The Labute approximate surface area is 73.8 Å². The zero-order valence-electron chi connectivity index (χ0n) is 7.20. The lowest BCUT2D eigenvalue weighted by Crippen LogP contribution is -2.08. The lowest BCUT2D eigenvalue weighted by Gasteiger charge is -2.05. The van der Waals surface area contributed by atoms with E-state index in [0.29, 0.717) is 0 Å². The molecular weight excluding hydrogens is 180 g/mol. The van der Waals surface area contributed by atoms with Gasteiger partial charge in [-0.25, -0.2) is 5.14 Å². The van der Waals surface area contributed by atoms with Gasteiger partial charge in [-0.3, -0.25) is 4.55 Å². The minimum atomic E-state index is -4.17. The molecule has 0 bridgehead atoms. The van der Waals surface area contributed by atoms with Crippen LogP contribution in [0.1, 0.15) is 38.5 Å². The van der Waals surface area contributed by atoms with Gasteiger partial charge in [-0.2, -0.15) is 8.42 Å². The van der Waals surface area contributed by atoms with E-state index in [1.807, 2.05) is 0 Å². The molecule has 0 amide bonds. The van der Waals surface area contributed by atoms with Gasteiger partial charge in [-0.1, -0.05) is 38.5 Å². The van der Waals surface area contributed by atoms with E-state index >= 15 is 0 Å². The van der Waals surface area contributed by atoms with Gasteiger partial charge in [-0.05, 0) is 0 Å². The molecule has 1 aliphatic carbocycles. The highest BCUT2D eigenvalue weighted by Crippen LogP contribution is 2.15. The van der Waals surface area contributed by atoms with Gasteiger partial charge >= 0.3 is 10.3 Å². The van der Waals surface area contributed by atoms with E-state index in [2.05, 4.69) is 5.14 Å². The minimum Gasteiger partial charge on any atom is -0.344 e. The summed E-state index contributed by atoms with van der Waals surface area (Å²) in [4.78, 5) is 0. The largest absolute Gasteiger partial charge is 0.344 e. The molecule has 0 spiro atoms. The molecule has 1 aliphatic rings. The Balaban J connectivity index is 0. The van der Waals surface area contributed by atoms with E-state index < -0.39 is 10.3 Å². The molecule has 1 saturated carbocycles. The molecule has 76 valence electrons. The molecule has 0 aromatic carbocycles. The summed E-state index contributed by atoms with van der Waals surface area (Å²) < 4.78 is 25.2. The fourth-order valence-corrected chi connectivity index (χ4v) is 1.06. The summed E-state index contributed by atoms with van der Waals surface area (Å²) in [6, 6.07) is 0. The van der Waals surface area contributed by atoms with Gasteiger partial charge < -0.3 is 6.15 Å². The Hall–Kier alpha value is -0.170. The van der Waals surface area contributed by atoms with Crippen LogP contribution in [0.15, 0.2) is 0 Å². The first-order valence-electron chi connectivity index (χ1n) is 3.75. The summed E-state index contributed by atoms with van der Waals surface area (Å²) in [7, 11) is -4.17. The molecule has 0 aromatic rings. The summed E-state index contributed by atoms with van der Waals surface area (Å²) >= 11 is 0. The predicted molar refractivity (Wildman–Crippen MR) is 48.5 cm³/mol. The number of rotatable bonds is 0. The van der Waals surface area contributed by atoms with E-state index in [4.69, 9.17) is 13.0 Å². The van der Waals surface area contributed by atoms with Crippen molar-refractivity contribution >= 4 is 10.3 Å². The first-order valence-corrected chi connectivity index (χ1v) is 5.25. The monoisotopic (exact) mass is 198 g/mol. The molecule has 0 atom stereocenters. The minimum absolute atomic E-state index is 0. The average molecular weight is 198 g/mol. The maximum atomic E-state index is 8.97. The standard InChI is InChI=1S/C6H12.H3NO3S.H3N/c1-2-4-6-5-3-1;1-5(2,3)4;/h1-6H2;(H3,1,2,3,4);1H3. The van der Waals surface area contributed by atoms with Crippen molar-refractivity contribution in [1.82, 2.24) is 6.15 Å². The molecule has 12 heavy (non-hydrogen) atoms. The Morgan fingerprint density at radius 2 is 1.00 bits per heavy atom. The first-order chi connectivity index (χ1) is 5.00. The van der Waals surface area contributed by atoms with Crippen LogP contribution >= 0.6 is 0 Å². The summed E-state index contributed by atoms with van der Waals surface area (Å²) in [5, 5.41) is 3.88. The summed E-state index contributed by atoms with van der Waals surface area (Å²) in [5.74, 6) is 0. The molecule has 0 unspecified atom stereocenters. The van der Waals surface area contributed by atoms with Gasteiger partial charge in [0.25, 0.3) is 0 Å². The lowest BCUT2D eigenvalue weighted by atomic mass is 10.0. The molecule has 0 heterocycles. The highest BCUT2D eigenvalue weighted by Gasteiger charge is 1.95. The van der Waals surface area contributed by atoms with Crippen molar-refractivity contribution in [1.29, 1.82) is 0 Å². The van der Waals surface area contributed by atoms with E-state index in [1.54, 1.807) is 0 Å². The average Bonchev–Trinajstić information content (AvgIpc) is 1.88. The third-order valence-electron chi connectivity index (χ3n) is 1.50. The second-order valence-corrected chi connectivity index (χ2v) is 3.67. The third kappa shape index (κ3) is 22.5. The first kappa shape index (κ1) is 14.4. The van der Waals surface area contributed by atoms with Crippen LogP contribution in [0.25, 0.3) is 0 Å². The molecular formula is C6H18N2O3S. The van der Waals surface area contributed by atoms with Gasteiger partial charge in [0, 0.05) is 0 Å². The molecule has 6 heteroatoms. The lowest BCUT2D eigenvalue weighted by molar-refractivity contribution is 0.485. The molecule has 1 rings (SSSR count). The fraction of sp³-hybridized carbons (Fsp3) is 1.00. The second-order valence-electron chi connectivity index (χ2n) is 2.64. The van der Waals surface area contributed by atoms with Crippen LogP contribution in [0.2, 0.25) is 0 Å². The van der Waals surface area contributed by atoms with Crippen LogP contribution in [0.5, 0.6) is 0 Å². The summed E-state index contributed by atoms with van der Waals surface area (Å²) in [5.41, 5.74) is 0. The highest BCUT2D eigenvalue weighted by molar-refractivity contribution is 7.83. The fourth-order valence-electron chi connectivity index (χ4n) is 1.06. The zero-order chi connectivity index (χ0) is 8.74. The molecule has 0 saturated heterocycles. The maximum Gasteiger partial charge on any atom is 0.330 e. The van der Waals surface area contributed by atoms with Gasteiger partial charge in [0.15, 0.2) is 0 Å². The smallest absolute Gasteiger partial charge is 0.330 e. The van der Waals surface area contributed by atoms with Gasteiger partial charge in [0.2, 0.25) is 0 Å². The topological polar surface area (TPSA) is 115 Å². The van der Waals surface area contributed by atoms with Crippen LogP contribution in [-0.4, -0.2) is 13.0 Å². The van der Waals surface area contributed by atoms with E-state index in [1.165, 1.54) is 38.5 Å². The maximum absolute atomic E-state index is 8.97. The second kappa shape index (κ2) is 7.48. The van der Waals surface area contributed by atoms with Crippen molar-refractivity contribution in [3.05, 3.63) is 0 Å². The summed E-state index contributed by atoms with van der Waals surface area (Å²) in [6.07, 6.45) is 9.00.